The molecule has 0 aliphatic heterocycles. The minimum atomic E-state index is 0.0236. The molecule has 0 saturated heterocycles. The zero-order valence-corrected chi connectivity index (χ0v) is 9.89. The van der Waals surface area contributed by atoms with E-state index in [1.165, 1.54) is 0 Å². The molecule has 0 amide bonds. The summed E-state index contributed by atoms with van der Waals surface area (Å²) in [6.07, 6.45) is 0. The SMILES string of the molecule is CN(CCOCCO)c1cc(C#N)ccc1N. The van der Waals surface area contributed by atoms with Crippen molar-refractivity contribution < 1.29 is 9.84 Å². The molecule has 1 aromatic carbocycles. The predicted octanol–water partition coefficient (Wildman–Crippen LogP) is 0.586. The molecule has 0 radical (unpaired) electrons. The third-order valence-corrected chi connectivity index (χ3v) is 2.38. The molecule has 17 heavy (non-hydrogen) atoms. The van der Waals surface area contributed by atoms with Crippen molar-refractivity contribution in [2.24, 2.45) is 0 Å². The minimum absolute atomic E-state index is 0.0236. The van der Waals surface area contributed by atoms with Crippen LogP contribution >= 0.6 is 0 Å². The molecule has 0 bridgehead atoms. The molecule has 0 aromatic heterocycles. The number of likely N-dealkylation sites (N-methyl/N-ethyl adjacent to an activating group) is 1. The highest BCUT2D eigenvalue weighted by Gasteiger charge is 2.06. The van der Waals surface area contributed by atoms with Crippen LogP contribution in [-0.2, 0) is 4.74 Å². The number of nitrogens with zero attached hydrogens (tertiary/aromatic N) is 2. The van der Waals surface area contributed by atoms with Crippen LogP contribution < -0.4 is 10.6 Å². The van der Waals surface area contributed by atoms with Gasteiger partial charge in [-0.15, -0.1) is 0 Å². The Hall–Kier alpha value is -1.77. The number of benzene rings is 1. The van der Waals surface area contributed by atoms with Crippen molar-refractivity contribution in [1.29, 1.82) is 5.26 Å². The molecule has 1 rings (SSSR count). The Morgan fingerprint density at radius 1 is 1.47 bits per heavy atom. The highest BCUT2D eigenvalue weighted by Crippen LogP contribution is 2.22. The van der Waals surface area contributed by atoms with Crippen LogP contribution in [0.25, 0.3) is 0 Å². The summed E-state index contributed by atoms with van der Waals surface area (Å²) in [6.45, 7) is 1.52. The van der Waals surface area contributed by atoms with Gasteiger partial charge in [-0.05, 0) is 18.2 Å². The summed E-state index contributed by atoms with van der Waals surface area (Å²) in [6, 6.07) is 7.24. The maximum atomic E-state index is 8.82. The molecular formula is C12H17N3O2. The van der Waals surface area contributed by atoms with Gasteiger partial charge in [-0.2, -0.15) is 5.26 Å². The number of ether oxygens (including phenoxy) is 1. The van der Waals surface area contributed by atoms with Crippen molar-refractivity contribution in [2.45, 2.75) is 0 Å². The molecular weight excluding hydrogens is 218 g/mol. The smallest absolute Gasteiger partial charge is 0.0992 e. The van der Waals surface area contributed by atoms with Crippen LogP contribution in [0.2, 0.25) is 0 Å². The summed E-state index contributed by atoms with van der Waals surface area (Å²) in [7, 11) is 1.88. The van der Waals surface area contributed by atoms with E-state index in [0.717, 1.165) is 5.69 Å². The molecule has 0 aliphatic rings. The Bertz CT molecular complexity index is 401. The lowest BCUT2D eigenvalue weighted by molar-refractivity contribution is 0.0971. The Labute approximate surface area is 101 Å². The molecule has 0 fully saturated rings. The maximum Gasteiger partial charge on any atom is 0.0992 e. The number of nitrogens with two attached hydrogens (primary N) is 1. The van der Waals surface area contributed by atoms with E-state index in [4.69, 9.17) is 20.8 Å². The second kappa shape index (κ2) is 6.74. The lowest BCUT2D eigenvalue weighted by atomic mass is 10.2. The maximum absolute atomic E-state index is 8.82. The number of hydrogen-bond acceptors (Lipinski definition) is 5. The fraction of sp³-hybridized carbons (Fsp3) is 0.417. The zero-order valence-electron chi connectivity index (χ0n) is 9.89. The van der Waals surface area contributed by atoms with Crippen LogP contribution in [0.5, 0.6) is 0 Å². The van der Waals surface area contributed by atoms with Crippen LogP contribution in [0.15, 0.2) is 18.2 Å². The summed E-state index contributed by atoms with van der Waals surface area (Å²) >= 11 is 0. The van der Waals surface area contributed by atoms with E-state index in [-0.39, 0.29) is 6.61 Å². The summed E-state index contributed by atoms with van der Waals surface area (Å²) in [4.78, 5) is 1.92. The second-order valence-electron chi connectivity index (χ2n) is 3.64. The van der Waals surface area contributed by atoms with Crippen molar-refractivity contribution >= 4 is 11.4 Å². The van der Waals surface area contributed by atoms with Crippen molar-refractivity contribution in [2.75, 3.05) is 44.0 Å². The molecule has 3 N–H and O–H groups in total. The molecule has 5 heteroatoms. The minimum Gasteiger partial charge on any atom is -0.397 e. The van der Waals surface area contributed by atoms with Crippen LogP contribution in [0.3, 0.4) is 0 Å². The van der Waals surface area contributed by atoms with Gasteiger partial charge in [-0.3, -0.25) is 0 Å². The van der Waals surface area contributed by atoms with Gasteiger partial charge < -0.3 is 20.5 Å². The zero-order chi connectivity index (χ0) is 12.7. The van der Waals surface area contributed by atoms with Crippen LogP contribution in [0.4, 0.5) is 11.4 Å². The monoisotopic (exact) mass is 235 g/mol. The van der Waals surface area contributed by atoms with E-state index in [0.29, 0.717) is 31.0 Å². The first kappa shape index (κ1) is 13.3. The number of anilines is 2. The highest BCUT2D eigenvalue weighted by atomic mass is 16.5. The van der Waals surface area contributed by atoms with E-state index in [2.05, 4.69) is 6.07 Å². The van der Waals surface area contributed by atoms with Crippen molar-refractivity contribution in [1.82, 2.24) is 0 Å². The van der Waals surface area contributed by atoms with E-state index in [9.17, 15) is 0 Å². The van der Waals surface area contributed by atoms with Gasteiger partial charge in [0, 0.05) is 13.6 Å². The first-order valence-electron chi connectivity index (χ1n) is 5.38. The summed E-state index contributed by atoms with van der Waals surface area (Å²) in [5, 5.41) is 17.4. The Morgan fingerprint density at radius 3 is 2.88 bits per heavy atom. The van der Waals surface area contributed by atoms with Crippen LogP contribution in [-0.4, -0.2) is 38.5 Å². The second-order valence-corrected chi connectivity index (χ2v) is 3.64. The topological polar surface area (TPSA) is 82.5 Å². The van der Waals surface area contributed by atoms with Gasteiger partial charge in [0.15, 0.2) is 0 Å². The Balaban J connectivity index is 2.61. The van der Waals surface area contributed by atoms with E-state index < -0.39 is 0 Å². The fourth-order valence-electron chi connectivity index (χ4n) is 1.43. The van der Waals surface area contributed by atoms with Crippen LogP contribution in [0, 0.1) is 11.3 Å². The largest absolute Gasteiger partial charge is 0.397 e. The molecule has 0 saturated carbocycles. The number of hydrogen-bond donors (Lipinski definition) is 2. The number of aliphatic hydroxyl groups excluding tert-OH is 1. The molecule has 0 atom stereocenters. The number of nitrogen functional groups attached to an aromatic ring is 1. The van der Waals surface area contributed by atoms with Gasteiger partial charge in [-0.25, -0.2) is 0 Å². The average molecular weight is 235 g/mol. The number of rotatable bonds is 6. The quantitative estimate of drug-likeness (QED) is 0.557. The summed E-state index contributed by atoms with van der Waals surface area (Å²) in [5.74, 6) is 0. The molecule has 0 aliphatic carbocycles. The average Bonchev–Trinajstić information content (AvgIpc) is 2.35. The lowest BCUT2D eigenvalue weighted by Gasteiger charge is -2.21. The van der Waals surface area contributed by atoms with Gasteiger partial charge >= 0.3 is 0 Å². The summed E-state index contributed by atoms with van der Waals surface area (Å²) < 4.78 is 5.17. The van der Waals surface area contributed by atoms with Crippen molar-refractivity contribution in [3.05, 3.63) is 23.8 Å². The van der Waals surface area contributed by atoms with E-state index >= 15 is 0 Å². The van der Waals surface area contributed by atoms with Crippen LogP contribution in [0.1, 0.15) is 5.56 Å². The van der Waals surface area contributed by atoms with E-state index in [1.807, 2.05) is 11.9 Å². The molecule has 92 valence electrons. The molecule has 1 aromatic rings. The fourth-order valence-corrected chi connectivity index (χ4v) is 1.43. The molecule has 0 unspecified atom stereocenters. The van der Waals surface area contributed by atoms with E-state index in [1.54, 1.807) is 18.2 Å². The van der Waals surface area contributed by atoms with Crippen molar-refractivity contribution in [3.8, 4) is 6.07 Å². The highest BCUT2D eigenvalue weighted by molar-refractivity contribution is 5.69. The first-order valence-corrected chi connectivity index (χ1v) is 5.38. The number of aliphatic hydroxyl groups is 1. The Morgan fingerprint density at radius 2 is 2.24 bits per heavy atom. The third kappa shape index (κ3) is 3.94. The molecule has 0 spiro atoms. The van der Waals surface area contributed by atoms with Gasteiger partial charge in [0.05, 0.1) is 42.8 Å². The normalized spacial score (nSPS) is 9.94. The lowest BCUT2D eigenvalue weighted by Crippen LogP contribution is -2.24. The predicted molar refractivity (Wildman–Crippen MR) is 66.7 cm³/mol. The first-order chi connectivity index (χ1) is 8.19. The van der Waals surface area contributed by atoms with Gasteiger partial charge in [-0.1, -0.05) is 0 Å². The third-order valence-electron chi connectivity index (χ3n) is 2.38. The standard InChI is InChI=1S/C12H17N3O2/c1-15(4-6-17-7-5-16)12-8-10(9-13)2-3-11(12)14/h2-3,8,16H,4-7,14H2,1H3. The molecule has 0 heterocycles. The Kier molecular flexibility index (Phi) is 5.27. The van der Waals surface area contributed by atoms with Gasteiger partial charge in [0.25, 0.3) is 0 Å². The summed E-state index contributed by atoms with van der Waals surface area (Å²) in [5.41, 5.74) is 7.87. The molecule has 5 nitrogen and oxygen atoms in total. The van der Waals surface area contributed by atoms with Gasteiger partial charge in [0.2, 0.25) is 0 Å². The number of nitriles is 1. The van der Waals surface area contributed by atoms with Crippen molar-refractivity contribution in [3.63, 3.8) is 0 Å². The van der Waals surface area contributed by atoms with Gasteiger partial charge in [0.1, 0.15) is 0 Å².